The summed E-state index contributed by atoms with van der Waals surface area (Å²) < 4.78 is 7.49. The molecule has 0 aliphatic carbocycles. The van der Waals surface area contributed by atoms with Crippen molar-refractivity contribution in [3.8, 4) is 0 Å². The van der Waals surface area contributed by atoms with E-state index in [2.05, 4.69) is 29.4 Å². The van der Waals surface area contributed by atoms with E-state index in [0.29, 0.717) is 23.6 Å². The number of hydrogen-bond donors (Lipinski definition) is 1. The first-order valence-electron chi connectivity index (χ1n) is 8.48. The van der Waals surface area contributed by atoms with Crippen molar-refractivity contribution in [1.82, 2.24) is 9.55 Å². The molecule has 26 heavy (non-hydrogen) atoms. The summed E-state index contributed by atoms with van der Waals surface area (Å²) in [5.74, 6) is 0.332. The van der Waals surface area contributed by atoms with Crippen molar-refractivity contribution in [3.05, 3.63) is 83.4 Å². The molecule has 3 aromatic heterocycles. The molecular weight excluding hydrogens is 326 g/mol. The van der Waals surface area contributed by atoms with E-state index in [9.17, 15) is 4.79 Å². The summed E-state index contributed by atoms with van der Waals surface area (Å²) in [6, 6.07) is 17.4. The fraction of sp³-hybridized carbons (Fsp3) is 0.143. The number of amides is 1. The number of fused-ring (bicyclic) bond motifs is 1. The zero-order valence-corrected chi connectivity index (χ0v) is 14.7. The van der Waals surface area contributed by atoms with Crippen LogP contribution in [-0.4, -0.2) is 15.5 Å². The number of pyridine rings is 1. The molecule has 5 heteroatoms. The molecule has 0 bridgehead atoms. The van der Waals surface area contributed by atoms with Crippen LogP contribution in [0.3, 0.4) is 0 Å². The molecule has 0 aliphatic rings. The fourth-order valence-corrected chi connectivity index (χ4v) is 3.09. The summed E-state index contributed by atoms with van der Waals surface area (Å²) in [7, 11) is 0. The van der Waals surface area contributed by atoms with Crippen molar-refractivity contribution >= 4 is 22.8 Å². The van der Waals surface area contributed by atoms with Crippen molar-refractivity contribution in [1.29, 1.82) is 0 Å². The maximum atomic E-state index is 12.9. The number of rotatable bonds is 4. The number of hydrogen-bond acceptors (Lipinski definition) is 3. The lowest BCUT2D eigenvalue weighted by Gasteiger charge is -2.12. The molecule has 0 saturated heterocycles. The van der Waals surface area contributed by atoms with E-state index in [-0.39, 0.29) is 5.91 Å². The van der Waals surface area contributed by atoms with E-state index in [4.69, 9.17) is 4.42 Å². The summed E-state index contributed by atoms with van der Waals surface area (Å²) in [6.07, 6.45) is 1.64. The maximum absolute atomic E-state index is 12.9. The number of carbonyl (C=O) groups excluding carboxylic acids is 1. The van der Waals surface area contributed by atoms with Crippen LogP contribution >= 0.6 is 0 Å². The molecule has 130 valence electrons. The summed E-state index contributed by atoms with van der Waals surface area (Å²) in [4.78, 5) is 17.2. The van der Waals surface area contributed by atoms with Crippen LogP contribution in [0.15, 0.2) is 65.3 Å². The first kappa shape index (κ1) is 16.1. The second kappa shape index (κ2) is 6.52. The second-order valence-corrected chi connectivity index (χ2v) is 6.33. The highest BCUT2D eigenvalue weighted by Gasteiger charge is 2.18. The molecule has 0 unspecified atom stereocenters. The molecule has 0 fully saturated rings. The topological polar surface area (TPSA) is 60.1 Å². The van der Waals surface area contributed by atoms with Crippen molar-refractivity contribution in [2.45, 2.75) is 20.4 Å². The summed E-state index contributed by atoms with van der Waals surface area (Å²) in [5, 5.41) is 2.88. The lowest BCUT2D eigenvalue weighted by molar-refractivity contribution is 0.101. The van der Waals surface area contributed by atoms with Crippen LogP contribution in [0.4, 0.5) is 5.82 Å². The molecule has 3 heterocycles. The Morgan fingerprint density at radius 2 is 1.96 bits per heavy atom. The van der Waals surface area contributed by atoms with E-state index >= 15 is 0 Å². The van der Waals surface area contributed by atoms with Crippen molar-refractivity contribution in [3.63, 3.8) is 0 Å². The smallest absolute Gasteiger partial charge is 0.273 e. The molecule has 1 aromatic carbocycles. The number of carbonyl (C=O) groups is 1. The minimum atomic E-state index is -0.205. The van der Waals surface area contributed by atoms with Gasteiger partial charge in [-0.05, 0) is 37.1 Å². The predicted octanol–water partition coefficient (Wildman–Crippen LogP) is 4.55. The monoisotopic (exact) mass is 345 g/mol. The van der Waals surface area contributed by atoms with Gasteiger partial charge in [0.1, 0.15) is 11.5 Å². The lowest BCUT2D eigenvalue weighted by atomic mass is 10.1. The predicted molar refractivity (Wildman–Crippen MR) is 101 cm³/mol. The Labute approximate surface area is 151 Å². The molecule has 4 rings (SSSR count). The van der Waals surface area contributed by atoms with Crippen molar-refractivity contribution in [2.24, 2.45) is 0 Å². The highest BCUT2D eigenvalue weighted by atomic mass is 16.3. The van der Waals surface area contributed by atoms with Crippen LogP contribution < -0.4 is 5.32 Å². The van der Waals surface area contributed by atoms with E-state index in [0.717, 1.165) is 16.8 Å². The standard InChI is InChI=1S/C21H19N3O2/c1-14-6-3-4-8-16(14)13-24-17-10-11-26-19(17)12-18(24)21(25)23-20-9-5-7-15(2)22-20/h3-12H,13H2,1-2H3,(H,22,23,25). The van der Waals surface area contributed by atoms with Gasteiger partial charge >= 0.3 is 0 Å². The average molecular weight is 345 g/mol. The van der Waals surface area contributed by atoms with Gasteiger partial charge in [0.15, 0.2) is 5.58 Å². The number of nitrogens with one attached hydrogen (secondary N) is 1. The Hall–Kier alpha value is -3.34. The third-order valence-electron chi connectivity index (χ3n) is 4.48. The van der Waals surface area contributed by atoms with Crippen LogP contribution in [0.1, 0.15) is 27.3 Å². The quantitative estimate of drug-likeness (QED) is 0.590. The van der Waals surface area contributed by atoms with Crippen LogP contribution in [-0.2, 0) is 6.54 Å². The summed E-state index contributed by atoms with van der Waals surface area (Å²) >= 11 is 0. The normalized spacial score (nSPS) is 11.0. The van der Waals surface area contributed by atoms with E-state index in [1.165, 1.54) is 5.56 Å². The van der Waals surface area contributed by atoms with Gasteiger partial charge in [-0.1, -0.05) is 30.3 Å². The molecule has 0 atom stereocenters. The van der Waals surface area contributed by atoms with Gasteiger partial charge in [0.2, 0.25) is 0 Å². The molecule has 1 amide bonds. The zero-order chi connectivity index (χ0) is 18.1. The van der Waals surface area contributed by atoms with Gasteiger partial charge in [0, 0.05) is 24.4 Å². The Kier molecular flexibility index (Phi) is 4.05. The van der Waals surface area contributed by atoms with Crippen LogP contribution in [0.25, 0.3) is 11.1 Å². The maximum Gasteiger partial charge on any atom is 0.273 e. The van der Waals surface area contributed by atoms with E-state index in [1.807, 2.05) is 41.8 Å². The largest absolute Gasteiger partial charge is 0.463 e. The Morgan fingerprint density at radius 3 is 2.77 bits per heavy atom. The van der Waals surface area contributed by atoms with E-state index < -0.39 is 0 Å². The van der Waals surface area contributed by atoms with Gasteiger partial charge in [0.25, 0.3) is 5.91 Å². The zero-order valence-electron chi connectivity index (χ0n) is 14.7. The lowest BCUT2D eigenvalue weighted by Crippen LogP contribution is -2.18. The summed E-state index contributed by atoms with van der Waals surface area (Å²) in [6.45, 7) is 4.56. The van der Waals surface area contributed by atoms with Crippen molar-refractivity contribution < 1.29 is 9.21 Å². The third kappa shape index (κ3) is 2.99. The molecule has 0 spiro atoms. The third-order valence-corrected chi connectivity index (χ3v) is 4.48. The van der Waals surface area contributed by atoms with Gasteiger partial charge in [-0.25, -0.2) is 4.98 Å². The number of benzene rings is 1. The number of aryl methyl sites for hydroxylation is 2. The van der Waals surface area contributed by atoms with Gasteiger partial charge in [-0.3, -0.25) is 4.79 Å². The van der Waals surface area contributed by atoms with Crippen LogP contribution in [0.2, 0.25) is 0 Å². The highest BCUT2D eigenvalue weighted by Crippen LogP contribution is 2.24. The molecule has 0 radical (unpaired) electrons. The first-order chi connectivity index (χ1) is 12.6. The Morgan fingerprint density at radius 1 is 1.12 bits per heavy atom. The first-order valence-corrected chi connectivity index (χ1v) is 8.48. The summed E-state index contributed by atoms with van der Waals surface area (Å²) in [5.41, 5.74) is 5.34. The second-order valence-electron chi connectivity index (χ2n) is 6.33. The fourth-order valence-electron chi connectivity index (χ4n) is 3.09. The van der Waals surface area contributed by atoms with Gasteiger partial charge in [0.05, 0.1) is 11.8 Å². The molecule has 0 aliphatic heterocycles. The number of furan rings is 1. The minimum absolute atomic E-state index is 0.205. The average Bonchev–Trinajstić information content (AvgIpc) is 3.19. The molecule has 1 N–H and O–H groups in total. The van der Waals surface area contributed by atoms with Crippen molar-refractivity contribution in [2.75, 3.05) is 5.32 Å². The van der Waals surface area contributed by atoms with Gasteiger partial charge < -0.3 is 14.3 Å². The molecular formula is C21H19N3O2. The van der Waals surface area contributed by atoms with Gasteiger partial charge in [-0.2, -0.15) is 0 Å². The number of aromatic nitrogens is 2. The SMILES string of the molecule is Cc1cccc(NC(=O)c2cc3occc3n2Cc2ccccc2C)n1. The Balaban J connectivity index is 1.72. The Bertz CT molecular complexity index is 1090. The molecule has 0 saturated carbocycles. The van der Waals surface area contributed by atoms with E-state index in [1.54, 1.807) is 18.4 Å². The van der Waals surface area contributed by atoms with Gasteiger partial charge in [-0.15, -0.1) is 0 Å². The minimum Gasteiger partial charge on any atom is -0.463 e. The molecule has 4 aromatic rings. The number of nitrogens with zero attached hydrogens (tertiary/aromatic N) is 2. The molecule has 5 nitrogen and oxygen atoms in total. The highest BCUT2D eigenvalue weighted by molar-refractivity contribution is 6.05. The number of anilines is 1. The van der Waals surface area contributed by atoms with Crippen LogP contribution in [0, 0.1) is 13.8 Å². The van der Waals surface area contributed by atoms with Crippen LogP contribution in [0.5, 0.6) is 0 Å².